The zero-order valence-corrected chi connectivity index (χ0v) is 12.3. The summed E-state index contributed by atoms with van der Waals surface area (Å²) in [5.74, 6) is 0.423. The maximum Gasteiger partial charge on any atom is 0.0948 e. The van der Waals surface area contributed by atoms with Crippen molar-refractivity contribution in [1.82, 2.24) is 19.1 Å². The van der Waals surface area contributed by atoms with Gasteiger partial charge in [-0.05, 0) is 19.3 Å². The molecule has 2 unspecified atom stereocenters. The van der Waals surface area contributed by atoms with Gasteiger partial charge in [0, 0.05) is 44.2 Å². The molecule has 3 heterocycles. The molecule has 2 N–H and O–H groups in total. The van der Waals surface area contributed by atoms with Gasteiger partial charge in [-0.2, -0.15) is 0 Å². The van der Waals surface area contributed by atoms with E-state index in [-0.39, 0.29) is 6.04 Å². The molecule has 2 aromatic heterocycles. The largest absolute Gasteiger partial charge is 0.381 e. The highest BCUT2D eigenvalue weighted by Crippen LogP contribution is 2.26. The van der Waals surface area contributed by atoms with Crippen molar-refractivity contribution >= 4 is 0 Å². The van der Waals surface area contributed by atoms with Crippen molar-refractivity contribution < 1.29 is 4.74 Å². The Labute approximate surface area is 124 Å². The molecule has 114 valence electrons. The van der Waals surface area contributed by atoms with Gasteiger partial charge in [-0.1, -0.05) is 0 Å². The molecule has 3 rings (SSSR count). The normalized spacial score (nSPS) is 20.0. The highest BCUT2D eigenvalue weighted by Gasteiger charge is 2.26. The van der Waals surface area contributed by atoms with E-state index in [1.807, 2.05) is 31.2 Å². The fourth-order valence-corrected chi connectivity index (χ4v) is 2.87. The van der Waals surface area contributed by atoms with Crippen LogP contribution in [0.15, 0.2) is 31.2 Å². The Morgan fingerprint density at radius 3 is 2.95 bits per heavy atom. The molecule has 0 aliphatic carbocycles. The smallest absolute Gasteiger partial charge is 0.0948 e. The molecule has 1 aliphatic rings. The Morgan fingerprint density at radius 1 is 1.29 bits per heavy atom. The van der Waals surface area contributed by atoms with E-state index in [1.54, 1.807) is 0 Å². The van der Waals surface area contributed by atoms with Crippen LogP contribution in [0.5, 0.6) is 0 Å². The Hall–Kier alpha value is -1.66. The minimum atomic E-state index is 0.0312. The molecule has 6 nitrogen and oxygen atoms in total. The van der Waals surface area contributed by atoms with Gasteiger partial charge in [-0.3, -0.25) is 0 Å². The number of hydrogen-bond donors (Lipinski definition) is 1. The average molecular weight is 289 g/mol. The SMILES string of the molecule is NC(c1cncn1CCCCn1ccnc1)C1CCOC1. The number of ether oxygens (including phenoxy) is 1. The maximum absolute atomic E-state index is 6.37. The average Bonchev–Trinajstić information content (AvgIpc) is 3.24. The van der Waals surface area contributed by atoms with Gasteiger partial charge in [-0.15, -0.1) is 0 Å². The minimum absolute atomic E-state index is 0.0312. The van der Waals surface area contributed by atoms with E-state index in [0.717, 1.165) is 51.3 Å². The predicted molar refractivity (Wildman–Crippen MR) is 79.5 cm³/mol. The summed E-state index contributed by atoms with van der Waals surface area (Å²) in [6.45, 7) is 3.57. The van der Waals surface area contributed by atoms with Gasteiger partial charge in [0.05, 0.1) is 31.0 Å². The molecule has 0 bridgehead atoms. The lowest BCUT2D eigenvalue weighted by Crippen LogP contribution is -2.24. The van der Waals surface area contributed by atoms with Gasteiger partial charge >= 0.3 is 0 Å². The van der Waals surface area contributed by atoms with E-state index in [1.165, 1.54) is 0 Å². The van der Waals surface area contributed by atoms with Crippen molar-refractivity contribution in [2.45, 2.75) is 38.4 Å². The van der Waals surface area contributed by atoms with Crippen LogP contribution < -0.4 is 5.73 Å². The van der Waals surface area contributed by atoms with Crippen molar-refractivity contribution in [2.75, 3.05) is 13.2 Å². The highest BCUT2D eigenvalue weighted by atomic mass is 16.5. The van der Waals surface area contributed by atoms with E-state index in [2.05, 4.69) is 19.1 Å². The van der Waals surface area contributed by atoms with Crippen LogP contribution in [0.25, 0.3) is 0 Å². The summed E-state index contributed by atoms with van der Waals surface area (Å²) >= 11 is 0. The number of imidazole rings is 2. The number of nitrogens with zero attached hydrogens (tertiary/aromatic N) is 4. The number of nitrogens with two attached hydrogens (primary N) is 1. The van der Waals surface area contributed by atoms with Crippen molar-refractivity contribution in [3.63, 3.8) is 0 Å². The van der Waals surface area contributed by atoms with E-state index in [4.69, 9.17) is 10.5 Å². The summed E-state index contributed by atoms with van der Waals surface area (Å²) < 4.78 is 9.74. The molecule has 21 heavy (non-hydrogen) atoms. The first kappa shape index (κ1) is 14.3. The van der Waals surface area contributed by atoms with Crippen molar-refractivity contribution in [3.05, 3.63) is 36.9 Å². The molecule has 2 atom stereocenters. The van der Waals surface area contributed by atoms with E-state index < -0.39 is 0 Å². The summed E-state index contributed by atoms with van der Waals surface area (Å²) in [6.07, 6.45) is 12.7. The number of unbranched alkanes of at least 4 members (excludes halogenated alkanes) is 1. The van der Waals surface area contributed by atoms with Crippen LogP contribution in [0.4, 0.5) is 0 Å². The second-order valence-corrected chi connectivity index (χ2v) is 5.67. The van der Waals surface area contributed by atoms with Crippen molar-refractivity contribution in [2.24, 2.45) is 11.7 Å². The topological polar surface area (TPSA) is 70.9 Å². The molecule has 0 amide bonds. The fraction of sp³-hybridized carbons (Fsp3) is 0.600. The van der Waals surface area contributed by atoms with Crippen LogP contribution in [0, 0.1) is 5.92 Å². The second kappa shape index (κ2) is 6.87. The molecule has 2 aromatic rings. The van der Waals surface area contributed by atoms with E-state index in [0.29, 0.717) is 5.92 Å². The van der Waals surface area contributed by atoms with Gasteiger partial charge in [0.2, 0.25) is 0 Å². The number of aromatic nitrogens is 4. The molecule has 1 aliphatic heterocycles. The van der Waals surface area contributed by atoms with Gasteiger partial charge in [0.15, 0.2) is 0 Å². The summed E-state index contributed by atoms with van der Waals surface area (Å²) in [5.41, 5.74) is 7.51. The summed E-state index contributed by atoms with van der Waals surface area (Å²) in [5, 5.41) is 0. The molecule has 0 saturated carbocycles. The molecule has 0 spiro atoms. The summed E-state index contributed by atoms with van der Waals surface area (Å²) in [4.78, 5) is 8.32. The second-order valence-electron chi connectivity index (χ2n) is 5.67. The summed E-state index contributed by atoms with van der Waals surface area (Å²) in [7, 11) is 0. The Kier molecular flexibility index (Phi) is 4.67. The Bertz CT molecular complexity index is 530. The molecule has 1 saturated heterocycles. The number of rotatable bonds is 7. The fourth-order valence-electron chi connectivity index (χ4n) is 2.87. The van der Waals surface area contributed by atoms with Crippen LogP contribution in [-0.4, -0.2) is 32.3 Å². The van der Waals surface area contributed by atoms with Crippen LogP contribution >= 0.6 is 0 Å². The van der Waals surface area contributed by atoms with Crippen LogP contribution in [0.1, 0.15) is 31.0 Å². The lowest BCUT2D eigenvalue weighted by atomic mass is 9.97. The Balaban J connectivity index is 1.50. The van der Waals surface area contributed by atoms with Crippen molar-refractivity contribution in [1.29, 1.82) is 0 Å². The first-order chi connectivity index (χ1) is 10.3. The molecular weight excluding hydrogens is 266 g/mol. The molecule has 6 heteroatoms. The lowest BCUT2D eigenvalue weighted by molar-refractivity contribution is 0.180. The first-order valence-corrected chi connectivity index (χ1v) is 7.63. The van der Waals surface area contributed by atoms with E-state index >= 15 is 0 Å². The molecule has 1 fully saturated rings. The third-order valence-electron chi connectivity index (χ3n) is 4.18. The highest BCUT2D eigenvalue weighted by molar-refractivity contribution is 5.07. The van der Waals surface area contributed by atoms with Crippen LogP contribution in [0.2, 0.25) is 0 Å². The van der Waals surface area contributed by atoms with Crippen LogP contribution in [0.3, 0.4) is 0 Å². The lowest BCUT2D eigenvalue weighted by Gasteiger charge is -2.19. The monoisotopic (exact) mass is 289 g/mol. The predicted octanol–water partition coefficient (Wildman–Crippen LogP) is 1.60. The maximum atomic E-state index is 6.37. The third kappa shape index (κ3) is 3.51. The van der Waals surface area contributed by atoms with Crippen LogP contribution in [-0.2, 0) is 17.8 Å². The molecular formula is C15H23N5O. The Morgan fingerprint density at radius 2 is 2.19 bits per heavy atom. The van der Waals surface area contributed by atoms with E-state index in [9.17, 15) is 0 Å². The zero-order valence-electron chi connectivity index (χ0n) is 12.3. The number of aryl methyl sites for hydroxylation is 2. The zero-order chi connectivity index (χ0) is 14.5. The third-order valence-corrected chi connectivity index (χ3v) is 4.18. The molecule has 0 radical (unpaired) electrons. The van der Waals surface area contributed by atoms with Gasteiger partial charge in [0.1, 0.15) is 0 Å². The number of hydrogen-bond acceptors (Lipinski definition) is 4. The standard InChI is InChI=1S/C15H23N5O/c16-15(13-3-8-21-10-13)14-9-18-12-20(14)6-2-1-5-19-7-4-17-11-19/h4,7,9,11-13,15H,1-3,5-6,8,10,16H2. The van der Waals surface area contributed by atoms with Crippen molar-refractivity contribution in [3.8, 4) is 0 Å². The van der Waals surface area contributed by atoms with Gasteiger partial charge in [0.25, 0.3) is 0 Å². The quantitative estimate of drug-likeness (QED) is 0.786. The molecule has 0 aromatic carbocycles. The van der Waals surface area contributed by atoms with Gasteiger partial charge < -0.3 is 19.6 Å². The first-order valence-electron chi connectivity index (χ1n) is 7.63. The van der Waals surface area contributed by atoms with Gasteiger partial charge in [-0.25, -0.2) is 9.97 Å². The minimum Gasteiger partial charge on any atom is -0.381 e. The summed E-state index contributed by atoms with van der Waals surface area (Å²) in [6, 6.07) is 0.0312.